The molecule has 1 aromatic carbocycles. The average molecular weight is 261 g/mol. The van der Waals surface area contributed by atoms with Crippen molar-refractivity contribution in [2.75, 3.05) is 0 Å². The number of nitriles is 1. The van der Waals surface area contributed by atoms with Crippen molar-refractivity contribution >= 4 is 15.9 Å². The highest BCUT2D eigenvalue weighted by Gasteiger charge is 2.03. The second kappa shape index (κ2) is 3.92. The predicted molar refractivity (Wildman–Crippen MR) is 62.9 cm³/mol. The largest absolute Gasteiger partial charge is 0.308 e. The average Bonchev–Trinajstić information content (AvgIpc) is 2.70. The molecule has 0 bridgehead atoms. The fourth-order valence-electron chi connectivity index (χ4n) is 1.48. The van der Waals surface area contributed by atoms with Crippen molar-refractivity contribution in [3.63, 3.8) is 0 Å². The van der Waals surface area contributed by atoms with Crippen LogP contribution in [0.4, 0.5) is 0 Å². The molecule has 15 heavy (non-hydrogen) atoms. The summed E-state index contributed by atoms with van der Waals surface area (Å²) in [6.45, 7) is 2.03. The third kappa shape index (κ3) is 1.81. The van der Waals surface area contributed by atoms with Gasteiger partial charge in [0.25, 0.3) is 0 Å². The number of hydrogen-bond donors (Lipinski definition) is 0. The lowest BCUT2D eigenvalue weighted by atomic mass is 10.2. The molecule has 0 aliphatic carbocycles. The highest BCUT2D eigenvalue weighted by Crippen LogP contribution is 2.20. The van der Waals surface area contributed by atoms with Crippen LogP contribution in [-0.4, -0.2) is 4.57 Å². The van der Waals surface area contributed by atoms with Crippen LogP contribution in [0.2, 0.25) is 0 Å². The molecule has 0 N–H and O–H groups in total. The van der Waals surface area contributed by atoms with E-state index in [0.717, 1.165) is 15.7 Å². The summed E-state index contributed by atoms with van der Waals surface area (Å²) >= 11 is 3.45. The van der Waals surface area contributed by atoms with Crippen LogP contribution in [-0.2, 0) is 0 Å². The molecule has 0 unspecified atom stereocenters. The van der Waals surface area contributed by atoms with E-state index in [0.29, 0.717) is 5.69 Å². The summed E-state index contributed by atoms with van der Waals surface area (Å²) in [4.78, 5) is 0. The maximum absolute atomic E-state index is 8.91. The van der Waals surface area contributed by atoms with E-state index >= 15 is 0 Å². The van der Waals surface area contributed by atoms with Crippen molar-refractivity contribution in [3.05, 3.63) is 52.3 Å². The van der Waals surface area contributed by atoms with Crippen LogP contribution in [0, 0.1) is 18.3 Å². The summed E-state index contributed by atoms with van der Waals surface area (Å²) in [5, 5.41) is 8.91. The Labute approximate surface area is 96.9 Å². The number of aromatic nitrogens is 1. The van der Waals surface area contributed by atoms with Gasteiger partial charge in [-0.05, 0) is 42.8 Å². The third-order valence-electron chi connectivity index (χ3n) is 2.28. The summed E-state index contributed by atoms with van der Waals surface area (Å²) in [6.07, 6.45) is 1.89. The second-order valence-electron chi connectivity index (χ2n) is 3.31. The molecule has 3 heteroatoms. The van der Waals surface area contributed by atoms with E-state index in [2.05, 4.69) is 22.0 Å². The predicted octanol–water partition coefficient (Wildman–Crippen LogP) is 3.42. The summed E-state index contributed by atoms with van der Waals surface area (Å²) < 4.78 is 2.95. The van der Waals surface area contributed by atoms with Crippen molar-refractivity contribution in [3.8, 4) is 11.8 Å². The first-order valence-corrected chi connectivity index (χ1v) is 5.35. The van der Waals surface area contributed by atoms with E-state index in [-0.39, 0.29) is 0 Å². The van der Waals surface area contributed by atoms with E-state index < -0.39 is 0 Å². The highest BCUT2D eigenvalue weighted by molar-refractivity contribution is 9.10. The third-order valence-corrected chi connectivity index (χ3v) is 3.17. The molecule has 74 valence electrons. The van der Waals surface area contributed by atoms with Gasteiger partial charge in [0.15, 0.2) is 0 Å². The Hall–Kier alpha value is -1.53. The molecule has 0 spiro atoms. The van der Waals surface area contributed by atoms with Crippen LogP contribution in [0.3, 0.4) is 0 Å². The number of hydrogen-bond acceptors (Lipinski definition) is 1. The molecule has 0 fully saturated rings. The highest BCUT2D eigenvalue weighted by atomic mass is 79.9. The molecule has 2 nitrogen and oxygen atoms in total. The zero-order valence-corrected chi connectivity index (χ0v) is 9.82. The Morgan fingerprint density at radius 2 is 2.13 bits per heavy atom. The van der Waals surface area contributed by atoms with Gasteiger partial charge >= 0.3 is 0 Å². The topological polar surface area (TPSA) is 28.7 Å². The Bertz CT molecular complexity index is 535. The van der Waals surface area contributed by atoms with E-state index in [1.165, 1.54) is 0 Å². The molecule has 0 saturated heterocycles. The lowest BCUT2D eigenvalue weighted by Gasteiger charge is -2.06. The van der Waals surface area contributed by atoms with Crippen LogP contribution in [0.1, 0.15) is 11.3 Å². The van der Waals surface area contributed by atoms with E-state index in [4.69, 9.17) is 5.26 Å². The zero-order valence-electron chi connectivity index (χ0n) is 8.24. The van der Waals surface area contributed by atoms with Gasteiger partial charge in [0.2, 0.25) is 0 Å². The first kappa shape index (κ1) is 10.0. The SMILES string of the molecule is Cc1cc(-n2cccc2C#N)ccc1Br. The van der Waals surface area contributed by atoms with E-state index in [9.17, 15) is 0 Å². The van der Waals surface area contributed by atoms with E-state index in [1.807, 2.05) is 42.0 Å². The summed E-state index contributed by atoms with van der Waals surface area (Å²) in [6, 6.07) is 11.9. The molecular weight excluding hydrogens is 252 g/mol. The summed E-state index contributed by atoms with van der Waals surface area (Å²) in [5.74, 6) is 0. The van der Waals surface area contributed by atoms with Crippen molar-refractivity contribution < 1.29 is 0 Å². The molecule has 1 aromatic heterocycles. The summed E-state index contributed by atoms with van der Waals surface area (Å²) in [7, 11) is 0. The normalized spacial score (nSPS) is 9.93. The van der Waals surface area contributed by atoms with Gasteiger partial charge in [0.1, 0.15) is 11.8 Å². The molecule has 0 aliphatic rings. The van der Waals surface area contributed by atoms with Gasteiger partial charge in [-0.2, -0.15) is 5.26 Å². The van der Waals surface area contributed by atoms with Gasteiger partial charge in [-0.15, -0.1) is 0 Å². The fraction of sp³-hybridized carbons (Fsp3) is 0.0833. The van der Waals surface area contributed by atoms with Gasteiger partial charge in [0.05, 0.1) is 0 Å². The zero-order chi connectivity index (χ0) is 10.8. The van der Waals surface area contributed by atoms with Crippen molar-refractivity contribution in [1.82, 2.24) is 4.57 Å². The second-order valence-corrected chi connectivity index (χ2v) is 4.16. The molecule has 0 radical (unpaired) electrons. The van der Waals surface area contributed by atoms with Gasteiger partial charge in [-0.1, -0.05) is 15.9 Å². The van der Waals surface area contributed by atoms with Crippen LogP contribution in [0.25, 0.3) is 5.69 Å². The Kier molecular flexibility index (Phi) is 2.61. The van der Waals surface area contributed by atoms with Crippen molar-refractivity contribution in [1.29, 1.82) is 5.26 Å². The van der Waals surface area contributed by atoms with Gasteiger partial charge in [-0.25, -0.2) is 0 Å². The van der Waals surface area contributed by atoms with Crippen LogP contribution >= 0.6 is 15.9 Å². The lowest BCUT2D eigenvalue weighted by Crippen LogP contribution is -1.95. The first-order chi connectivity index (χ1) is 7.22. The Balaban J connectivity index is 2.56. The molecule has 0 saturated carbocycles. The number of aryl methyl sites for hydroxylation is 1. The van der Waals surface area contributed by atoms with Gasteiger partial charge in [-0.3, -0.25) is 0 Å². The molecule has 0 atom stereocenters. The van der Waals surface area contributed by atoms with Gasteiger partial charge in [0, 0.05) is 16.4 Å². The number of benzene rings is 1. The molecular formula is C12H9BrN2. The molecule has 0 amide bonds. The van der Waals surface area contributed by atoms with Crippen LogP contribution < -0.4 is 0 Å². The molecule has 2 aromatic rings. The maximum Gasteiger partial charge on any atom is 0.124 e. The number of rotatable bonds is 1. The minimum Gasteiger partial charge on any atom is -0.308 e. The smallest absolute Gasteiger partial charge is 0.124 e. The quantitative estimate of drug-likeness (QED) is 0.773. The maximum atomic E-state index is 8.91. The Morgan fingerprint density at radius 1 is 1.33 bits per heavy atom. The van der Waals surface area contributed by atoms with Crippen molar-refractivity contribution in [2.24, 2.45) is 0 Å². The van der Waals surface area contributed by atoms with Crippen LogP contribution in [0.15, 0.2) is 41.0 Å². The minimum atomic E-state index is 0.650. The summed E-state index contributed by atoms with van der Waals surface area (Å²) in [5.41, 5.74) is 2.82. The molecule has 1 heterocycles. The number of nitrogens with zero attached hydrogens (tertiary/aromatic N) is 2. The van der Waals surface area contributed by atoms with Crippen molar-refractivity contribution in [2.45, 2.75) is 6.92 Å². The number of halogens is 1. The molecule has 0 aliphatic heterocycles. The Morgan fingerprint density at radius 3 is 2.80 bits per heavy atom. The lowest BCUT2D eigenvalue weighted by molar-refractivity contribution is 1.05. The molecule has 2 rings (SSSR count). The van der Waals surface area contributed by atoms with E-state index in [1.54, 1.807) is 6.07 Å². The van der Waals surface area contributed by atoms with Gasteiger partial charge < -0.3 is 4.57 Å². The minimum absolute atomic E-state index is 0.650. The standard InChI is InChI=1S/C12H9BrN2/c1-9-7-10(4-5-12(9)13)15-6-2-3-11(15)8-14/h2-7H,1H3. The first-order valence-electron chi connectivity index (χ1n) is 4.56. The monoisotopic (exact) mass is 260 g/mol. The fourth-order valence-corrected chi connectivity index (χ4v) is 1.72. The van der Waals surface area contributed by atoms with Crippen LogP contribution in [0.5, 0.6) is 0 Å².